The van der Waals surface area contributed by atoms with Crippen LogP contribution < -0.4 is 15.1 Å². The van der Waals surface area contributed by atoms with Gasteiger partial charge in [0.05, 0.1) is 11.5 Å². The minimum absolute atomic E-state index is 0.0138. The van der Waals surface area contributed by atoms with Crippen LogP contribution in [-0.2, 0) is 4.79 Å². The molecule has 30 heavy (non-hydrogen) atoms. The fourth-order valence-electron chi connectivity index (χ4n) is 4.19. The van der Waals surface area contributed by atoms with Crippen molar-refractivity contribution < 1.29 is 24.6 Å². The Labute approximate surface area is 176 Å². The van der Waals surface area contributed by atoms with Gasteiger partial charge in [0.25, 0.3) is 11.6 Å². The molecule has 1 saturated heterocycles. The quantitative estimate of drug-likeness (QED) is 0.368. The van der Waals surface area contributed by atoms with Gasteiger partial charge in [-0.3, -0.25) is 14.9 Å². The van der Waals surface area contributed by atoms with Crippen LogP contribution in [0.4, 0.5) is 11.4 Å². The van der Waals surface area contributed by atoms with Gasteiger partial charge in [0.15, 0.2) is 6.04 Å². The van der Waals surface area contributed by atoms with Crippen molar-refractivity contribution in [3.63, 3.8) is 0 Å². The maximum absolute atomic E-state index is 13.4. The van der Waals surface area contributed by atoms with Crippen LogP contribution >= 0.6 is 0 Å². The van der Waals surface area contributed by atoms with E-state index < -0.39 is 11.0 Å². The summed E-state index contributed by atoms with van der Waals surface area (Å²) >= 11 is 0. The lowest BCUT2D eigenvalue weighted by Gasteiger charge is -2.34. The first kappa shape index (κ1) is 21.9. The van der Waals surface area contributed by atoms with Crippen molar-refractivity contribution >= 4 is 17.3 Å². The number of carbonyl (C=O) groups excluding carboxylic acids is 1. The number of piperazine rings is 1. The van der Waals surface area contributed by atoms with Crippen LogP contribution in [-0.4, -0.2) is 55.3 Å². The lowest BCUT2D eigenvalue weighted by molar-refractivity contribution is -1.02. The number of nitrogens with zero attached hydrogens (tertiary/aromatic N) is 1. The Kier molecular flexibility index (Phi) is 7.15. The highest BCUT2D eigenvalue weighted by atomic mass is 16.6. The molecule has 0 aliphatic carbocycles. The molecule has 0 unspecified atom stereocenters. The summed E-state index contributed by atoms with van der Waals surface area (Å²) in [5.74, 6) is -0.109. The molecule has 160 valence electrons. The standard InChI is InChI=1S/C22H28N4O4/c1-16-4-3-5-17(2)20(16)23-22(28)21(18-6-8-19(9-7-18)26(29)30)25-12-10-24(11-13-25)14-15-27/h3-9,21,27H,10-15H2,1-2H3,(H,23,28)/p+2/t21-/m0/s1. The van der Waals surface area contributed by atoms with E-state index in [0.29, 0.717) is 6.54 Å². The number of nitro groups is 1. The molecule has 0 bridgehead atoms. The molecule has 3 rings (SSSR count). The van der Waals surface area contributed by atoms with Crippen molar-refractivity contribution in [3.05, 3.63) is 69.3 Å². The molecule has 8 nitrogen and oxygen atoms in total. The molecule has 8 heteroatoms. The summed E-state index contributed by atoms with van der Waals surface area (Å²) in [6.45, 7) is 8.12. The van der Waals surface area contributed by atoms with Gasteiger partial charge < -0.3 is 20.2 Å². The number of hydrogen-bond donors (Lipinski definition) is 4. The normalized spacial score (nSPS) is 19.8. The predicted molar refractivity (Wildman–Crippen MR) is 114 cm³/mol. The highest BCUT2D eigenvalue weighted by Gasteiger charge is 2.36. The molecule has 0 spiro atoms. The molecule has 1 fully saturated rings. The first-order valence-electron chi connectivity index (χ1n) is 10.3. The van der Waals surface area contributed by atoms with Crippen LogP contribution in [0, 0.1) is 24.0 Å². The average molecular weight is 415 g/mol. The number of hydrogen-bond acceptors (Lipinski definition) is 4. The second-order valence-corrected chi connectivity index (χ2v) is 7.92. The van der Waals surface area contributed by atoms with Crippen LogP contribution in [0.3, 0.4) is 0 Å². The van der Waals surface area contributed by atoms with Crippen LogP contribution in [0.15, 0.2) is 42.5 Å². The summed E-state index contributed by atoms with van der Waals surface area (Å²) in [6.07, 6.45) is 0. The number of aryl methyl sites for hydroxylation is 2. The summed E-state index contributed by atoms with van der Waals surface area (Å²) in [7, 11) is 0. The van der Waals surface area contributed by atoms with Gasteiger partial charge in [0.1, 0.15) is 32.7 Å². The summed E-state index contributed by atoms with van der Waals surface area (Å²) in [6, 6.07) is 11.7. The Hall–Kier alpha value is -2.81. The Balaban J connectivity index is 1.87. The van der Waals surface area contributed by atoms with Gasteiger partial charge in [-0.25, -0.2) is 0 Å². The van der Waals surface area contributed by atoms with Crippen molar-refractivity contribution in [1.29, 1.82) is 0 Å². The minimum Gasteiger partial charge on any atom is -0.391 e. The van der Waals surface area contributed by atoms with Crippen molar-refractivity contribution in [2.24, 2.45) is 0 Å². The minimum atomic E-state index is -0.458. The third-order valence-corrected chi connectivity index (χ3v) is 5.90. The largest absolute Gasteiger partial charge is 0.391 e. The molecule has 0 radical (unpaired) electrons. The monoisotopic (exact) mass is 414 g/mol. The van der Waals surface area contributed by atoms with E-state index in [1.807, 2.05) is 32.0 Å². The zero-order chi connectivity index (χ0) is 21.7. The SMILES string of the molecule is Cc1cccc(C)c1NC(=O)[C@H](c1ccc([N+](=O)[O-])cc1)[NH+]1CC[NH+](CCO)CC1. The number of aliphatic hydroxyl groups excluding tert-OH is 1. The first-order chi connectivity index (χ1) is 14.4. The van der Waals surface area contributed by atoms with Crippen LogP contribution in [0.5, 0.6) is 0 Å². The van der Waals surface area contributed by atoms with Gasteiger partial charge in [-0.2, -0.15) is 0 Å². The van der Waals surface area contributed by atoms with E-state index in [-0.39, 0.29) is 18.2 Å². The zero-order valence-corrected chi connectivity index (χ0v) is 17.5. The van der Waals surface area contributed by atoms with Gasteiger partial charge >= 0.3 is 0 Å². The number of carbonyl (C=O) groups is 1. The number of benzene rings is 2. The van der Waals surface area contributed by atoms with Crippen LogP contribution in [0.25, 0.3) is 0 Å². The third-order valence-electron chi connectivity index (χ3n) is 5.90. The first-order valence-corrected chi connectivity index (χ1v) is 10.3. The van der Waals surface area contributed by atoms with Crippen LogP contribution in [0.2, 0.25) is 0 Å². The topological polar surface area (TPSA) is 101 Å². The molecule has 1 heterocycles. The molecule has 1 aliphatic rings. The second-order valence-electron chi connectivity index (χ2n) is 7.92. The number of anilines is 1. The molecule has 2 aromatic carbocycles. The second kappa shape index (κ2) is 9.80. The Morgan fingerprint density at radius 3 is 2.23 bits per heavy atom. The molecule has 4 N–H and O–H groups in total. The molecule has 1 aliphatic heterocycles. The fourth-order valence-corrected chi connectivity index (χ4v) is 4.19. The molecule has 2 aromatic rings. The zero-order valence-electron chi connectivity index (χ0n) is 17.5. The summed E-state index contributed by atoms with van der Waals surface area (Å²) in [5.41, 5.74) is 3.60. The third kappa shape index (κ3) is 5.02. The van der Waals surface area contributed by atoms with E-state index in [9.17, 15) is 20.0 Å². The lowest BCUT2D eigenvalue weighted by Crippen LogP contribution is -3.28. The van der Waals surface area contributed by atoms with Gasteiger partial charge in [-0.1, -0.05) is 18.2 Å². The molecule has 1 amide bonds. The van der Waals surface area contributed by atoms with E-state index in [4.69, 9.17) is 0 Å². The number of nitro benzene ring substituents is 1. The van der Waals surface area contributed by atoms with Crippen molar-refractivity contribution in [2.45, 2.75) is 19.9 Å². The number of amides is 1. The van der Waals surface area contributed by atoms with Crippen LogP contribution in [0.1, 0.15) is 22.7 Å². The van der Waals surface area contributed by atoms with E-state index in [1.54, 1.807) is 12.1 Å². The lowest BCUT2D eigenvalue weighted by atomic mass is 10.0. The van der Waals surface area contributed by atoms with Gasteiger partial charge in [-0.05, 0) is 37.1 Å². The van der Waals surface area contributed by atoms with Crippen molar-refractivity contribution in [3.8, 4) is 0 Å². The summed E-state index contributed by atoms with van der Waals surface area (Å²) in [4.78, 5) is 26.5. The van der Waals surface area contributed by atoms with Crippen molar-refractivity contribution in [2.75, 3.05) is 44.6 Å². The van der Waals surface area contributed by atoms with E-state index >= 15 is 0 Å². The van der Waals surface area contributed by atoms with Gasteiger partial charge in [0.2, 0.25) is 0 Å². The number of aliphatic hydroxyl groups is 1. The Morgan fingerprint density at radius 1 is 1.10 bits per heavy atom. The van der Waals surface area contributed by atoms with E-state index in [2.05, 4.69) is 5.32 Å². The smallest absolute Gasteiger partial charge is 0.287 e. The number of nitrogens with one attached hydrogen (secondary N) is 3. The average Bonchev–Trinajstić information content (AvgIpc) is 2.73. The number of rotatable bonds is 7. The molecule has 0 aromatic heterocycles. The van der Waals surface area contributed by atoms with E-state index in [0.717, 1.165) is 53.5 Å². The molecular formula is C22H30N4O4+2. The molecule has 1 atom stereocenters. The summed E-state index contributed by atoms with van der Waals surface area (Å²) in [5, 5.41) is 23.3. The maximum atomic E-state index is 13.4. The number of non-ortho nitro benzene ring substituents is 1. The van der Waals surface area contributed by atoms with E-state index in [1.165, 1.54) is 17.0 Å². The fraction of sp³-hybridized carbons (Fsp3) is 0.409. The Morgan fingerprint density at radius 2 is 1.70 bits per heavy atom. The summed E-state index contributed by atoms with van der Waals surface area (Å²) < 4.78 is 0. The van der Waals surface area contributed by atoms with Gasteiger partial charge in [-0.15, -0.1) is 0 Å². The molecular weight excluding hydrogens is 384 g/mol. The predicted octanol–water partition coefficient (Wildman–Crippen LogP) is -0.333. The van der Waals surface area contributed by atoms with Gasteiger partial charge in [0, 0.05) is 23.4 Å². The highest BCUT2D eigenvalue weighted by molar-refractivity contribution is 5.96. The van der Waals surface area contributed by atoms with Crippen molar-refractivity contribution in [1.82, 2.24) is 0 Å². The maximum Gasteiger partial charge on any atom is 0.287 e. The highest BCUT2D eigenvalue weighted by Crippen LogP contribution is 2.22. The number of quaternary nitrogens is 2. The molecule has 0 saturated carbocycles. The number of para-hydroxylation sites is 1. The Bertz CT molecular complexity index is 872.